The number of furan rings is 1. The standard InChI is InChI=1S/C17H15N3O3/c21-10-5-6-11-13(7-10)23-14-8-12-16(18-15(11)14)20(19-17(12)22)9-3-1-2-4-9/h5-9,18H,1-4H2,(H,19,22). The summed E-state index contributed by atoms with van der Waals surface area (Å²) in [6.45, 7) is 0. The SMILES string of the molecule is O=c1ccc2c(c1)oc1cc3c(=O)[nH]n(C4CCCC4)c3[nH]c12. The van der Waals surface area contributed by atoms with Crippen LogP contribution in [0.4, 0.5) is 0 Å². The molecule has 0 bridgehead atoms. The third-order valence-electron chi connectivity index (χ3n) is 4.86. The van der Waals surface area contributed by atoms with Gasteiger partial charge in [0, 0.05) is 11.5 Å². The molecule has 5 rings (SSSR count). The van der Waals surface area contributed by atoms with Gasteiger partial charge in [0.1, 0.15) is 11.2 Å². The van der Waals surface area contributed by atoms with E-state index in [2.05, 4.69) is 10.1 Å². The first-order valence-electron chi connectivity index (χ1n) is 7.90. The summed E-state index contributed by atoms with van der Waals surface area (Å²) in [7, 11) is 0. The van der Waals surface area contributed by atoms with Crippen molar-refractivity contribution < 1.29 is 4.42 Å². The van der Waals surface area contributed by atoms with Gasteiger partial charge in [-0.05, 0) is 31.0 Å². The monoisotopic (exact) mass is 309 g/mol. The third kappa shape index (κ3) is 1.75. The second-order valence-corrected chi connectivity index (χ2v) is 6.28. The van der Waals surface area contributed by atoms with Crippen molar-refractivity contribution in [2.24, 2.45) is 0 Å². The van der Waals surface area contributed by atoms with Crippen LogP contribution in [0.3, 0.4) is 0 Å². The quantitative estimate of drug-likeness (QED) is 0.567. The van der Waals surface area contributed by atoms with E-state index in [1.807, 2.05) is 4.68 Å². The molecule has 1 saturated carbocycles. The van der Waals surface area contributed by atoms with Gasteiger partial charge in [0.2, 0.25) is 0 Å². The van der Waals surface area contributed by atoms with Crippen LogP contribution in [0.2, 0.25) is 0 Å². The molecular weight excluding hydrogens is 294 g/mol. The normalized spacial score (nSPS) is 16.2. The molecule has 23 heavy (non-hydrogen) atoms. The lowest BCUT2D eigenvalue weighted by molar-refractivity contribution is 0.476. The number of nitrogens with one attached hydrogen (secondary N) is 2. The fourth-order valence-electron chi connectivity index (χ4n) is 3.74. The number of aromatic nitrogens is 3. The maximum Gasteiger partial charge on any atom is 0.273 e. The van der Waals surface area contributed by atoms with Crippen LogP contribution in [-0.4, -0.2) is 14.8 Å². The van der Waals surface area contributed by atoms with E-state index in [0.29, 0.717) is 22.6 Å². The predicted molar refractivity (Wildman–Crippen MR) is 88.0 cm³/mol. The Labute approximate surface area is 129 Å². The second kappa shape index (κ2) is 4.38. The first-order chi connectivity index (χ1) is 11.2. The van der Waals surface area contributed by atoms with Gasteiger partial charge in [-0.1, -0.05) is 12.8 Å². The number of fused-ring (bicyclic) bond motifs is 4. The van der Waals surface area contributed by atoms with Gasteiger partial charge in [-0.25, -0.2) is 0 Å². The Kier molecular flexibility index (Phi) is 2.43. The molecule has 6 nitrogen and oxygen atoms in total. The highest BCUT2D eigenvalue weighted by Crippen LogP contribution is 2.32. The lowest BCUT2D eigenvalue weighted by Gasteiger charge is -2.11. The van der Waals surface area contributed by atoms with E-state index < -0.39 is 0 Å². The van der Waals surface area contributed by atoms with Gasteiger partial charge in [0.15, 0.2) is 11.0 Å². The molecule has 0 unspecified atom stereocenters. The second-order valence-electron chi connectivity index (χ2n) is 6.28. The number of hydrogen-bond donors (Lipinski definition) is 2. The molecule has 1 aliphatic rings. The van der Waals surface area contributed by atoms with Crippen molar-refractivity contribution in [3.63, 3.8) is 0 Å². The van der Waals surface area contributed by atoms with E-state index in [0.717, 1.165) is 29.4 Å². The van der Waals surface area contributed by atoms with Gasteiger partial charge in [-0.3, -0.25) is 19.4 Å². The number of benzene rings is 1. The Hall–Kier alpha value is -2.76. The molecular formula is C17H15N3O3. The van der Waals surface area contributed by atoms with Gasteiger partial charge < -0.3 is 9.40 Å². The molecule has 4 aromatic rings. The number of hydrogen-bond acceptors (Lipinski definition) is 3. The Balaban J connectivity index is 1.88. The van der Waals surface area contributed by atoms with E-state index in [4.69, 9.17) is 4.42 Å². The van der Waals surface area contributed by atoms with Crippen LogP contribution in [0.15, 0.2) is 38.3 Å². The number of pyridine rings is 1. The summed E-state index contributed by atoms with van der Waals surface area (Å²) >= 11 is 0. The molecule has 116 valence electrons. The molecule has 0 saturated heterocycles. The van der Waals surface area contributed by atoms with E-state index >= 15 is 0 Å². The molecule has 0 spiro atoms. The summed E-state index contributed by atoms with van der Waals surface area (Å²) in [4.78, 5) is 27.1. The van der Waals surface area contributed by atoms with Gasteiger partial charge in [0.25, 0.3) is 5.56 Å². The lowest BCUT2D eigenvalue weighted by Crippen LogP contribution is -2.10. The first-order valence-corrected chi connectivity index (χ1v) is 7.90. The number of rotatable bonds is 1. The van der Waals surface area contributed by atoms with Crippen LogP contribution in [0, 0.1) is 0 Å². The lowest BCUT2D eigenvalue weighted by atomic mass is 10.2. The third-order valence-corrected chi connectivity index (χ3v) is 4.86. The van der Waals surface area contributed by atoms with Crippen molar-refractivity contribution in [2.45, 2.75) is 31.7 Å². The Bertz CT molecular complexity index is 1170. The molecule has 2 N–H and O–H groups in total. The van der Waals surface area contributed by atoms with Crippen molar-refractivity contribution in [3.05, 3.63) is 44.8 Å². The molecule has 1 aliphatic carbocycles. The summed E-state index contributed by atoms with van der Waals surface area (Å²) in [5.41, 5.74) is 2.54. The molecule has 0 amide bonds. The minimum atomic E-state index is -0.116. The number of aromatic amines is 2. The van der Waals surface area contributed by atoms with Crippen LogP contribution in [0.5, 0.6) is 0 Å². The molecule has 1 fully saturated rings. The van der Waals surface area contributed by atoms with E-state index in [-0.39, 0.29) is 11.0 Å². The van der Waals surface area contributed by atoms with Crippen LogP contribution >= 0.6 is 0 Å². The summed E-state index contributed by atoms with van der Waals surface area (Å²) in [5.74, 6) is 0. The first kappa shape index (κ1) is 12.8. The number of nitrogens with zero attached hydrogens (tertiary/aromatic N) is 1. The zero-order valence-electron chi connectivity index (χ0n) is 12.4. The van der Waals surface area contributed by atoms with E-state index in [1.54, 1.807) is 12.1 Å². The predicted octanol–water partition coefficient (Wildman–Crippen LogP) is 3.03. The summed E-state index contributed by atoms with van der Waals surface area (Å²) in [6, 6.07) is 6.85. The molecule has 1 aromatic carbocycles. The smallest absolute Gasteiger partial charge is 0.273 e. The minimum Gasteiger partial charge on any atom is -0.454 e. The topological polar surface area (TPSA) is 83.8 Å². The maximum absolute atomic E-state index is 12.3. The zero-order chi connectivity index (χ0) is 15.6. The van der Waals surface area contributed by atoms with Crippen molar-refractivity contribution in [1.29, 1.82) is 0 Å². The van der Waals surface area contributed by atoms with Crippen molar-refractivity contribution in [1.82, 2.24) is 14.8 Å². The van der Waals surface area contributed by atoms with Crippen molar-refractivity contribution >= 4 is 33.1 Å². The molecule has 0 radical (unpaired) electrons. The highest BCUT2D eigenvalue weighted by atomic mass is 16.3. The molecule has 6 heteroatoms. The van der Waals surface area contributed by atoms with Gasteiger partial charge in [-0.2, -0.15) is 0 Å². The molecule has 0 aliphatic heterocycles. The highest BCUT2D eigenvalue weighted by Gasteiger charge is 2.21. The van der Waals surface area contributed by atoms with Gasteiger partial charge in [0.05, 0.1) is 16.9 Å². The van der Waals surface area contributed by atoms with Gasteiger partial charge in [-0.15, -0.1) is 0 Å². The van der Waals surface area contributed by atoms with E-state index in [1.165, 1.54) is 25.0 Å². The van der Waals surface area contributed by atoms with Gasteiger partial charge >= 0.3 is 0 Å². The Morgan fingerprint density at radius 1 is 1.04 bits per heavy atom. The largest absolute Gasteiger partial charge is 0.454 e. The highest BCUT2D eigenvalue weighted by molar-refractivity contribution is 6.05. The average molecular weight is 309 g/mol. The fourth-order valence-corrected chi connectivity index (χ4v) is 3.74. The molecule has 3 aromatic heterocycles. The average Bonchev–Trinajstić information content (AvgIpc) is 3.23. The van der Waals surface area contributed by atoms with Crippen molar-refractivity contribution in [3.8, 4) is 0 Å². The molecule has 3 heterocycles. The van der Waals surface area contributed by atoms with E-state index in [9.17, 15) is 9.59 Å². The number of H-pyrrole nitrogens is 2. The van der Waals surface area contributed by atoms with Crippen LogP contribution in [0.25, 0.3) is 33.1 Å². The van der Waals surface area contributed by atoms with Crippen LogP contribution < -0.4 is 11.0 Å². The fraction of sp³-hybridized carbons (Fsp3) is 0.294. The van der Waals surface area contributed by atoms with Crippen molar-refractivity contribution in [2.75, 3.05) is 0 Å². The van der Waals surface area contributed by atoms with Crippen LogP contribution in [-0.2, 0) is 0 Å². The Morgan fingerprint density at radius 2 is 1.87 bits per heavy atom. The minimum absolute atomic E-state index is 0.0885. The Morgan fingerprint density at radius 3 is 2.70 bits per heavy atom. The summed E-state index contributed by atoms with van der Waals surface area (Å²) in [5, 5.41) is 4.40. The molecule has 0 atom stereocenters. The maximum atomic E-state index is 12.3. The zero-order valence-corrected chi connectivity index (χ0v) is 12.4. The van der Waals surface area contributed by atoms with Crippen LogP contribution in [0.1, 0.15) is 31.7 Å². The summed E-state index contributed by atoms with van der Waals surface area (Å²) in [6.07, 6.45) is 4.54. The summed E-state index contributed by atoms with van der Waals surface area (Å²) < 4.78 is 7.70.